The van der Waals surface area contributed by atoms with E-state index in [2.05, 4.69) is 30.5 Å². The summed E-state index contributed by atoms with van der Waals surface area (Å²) < 4.78 is 6.05. The second kappa shape index (κ2) is 6.93. The third kappa shape index (κ3) is 2.87. The van der Waals surface area contributed by atoms with Crippen LogP contribution in [0.15, 0.2) is 23.5 Å². The molecule has 1 spiro atoms. The van der Waals surface area contributed by atoms with Gasteiger partial charge in [-0.05, 0) is 38.2 Å². The predicted molar refractivity (Wildman–Crippen MR) is 105 cm³/mol. The zero-order chi connectivity index (χ0) is 18.3. The van der Waals surface area contributed by atoms with Gasteiger partial charge in [-0.2, -0.15) is 0 Å². The van der Waals surface area contributed by atoms with Crippen LogP contribution in [0.3, 0.4) is 0 Å². The smallest absolute Gasteiger partial charge is 0.225 e. The SMILES string of the molecule is CN=C(NC1CCCN(c2ncccn2)C1)NC1C2CCOC2C12CCC2. The van der Waals surface area contributed by atoms with Gasteiger partial charge in [0.25, 0.3) is 0 Å². The maximum Gasteiger partial charge on any atom is 0.225 e. The Balaban J connectivity index is 1.22. The lowest BCUT2D eigenvalue weighted by molar-refractivity contribution is -0.171. The van der Waals surface area contributed by atoms with E-state index in [-0.39, 0.29) is 0 Å². The monoisotopic (exact) mass is 370 g/mol. The van der Waals surface area contributed by atoms with Gasteiger partial charge in [-0.25, -0.2) is 9.97 Å². The summed E-state index contributed by atoms with van der Waals surface area (Å²) in [4.78, 5) is 15.6. The molecule has 27 heavy (non-hydrogen) atoms. The van der Waals surface area contributed by atoms with Crippen molar-refractivity contribution in [3.8, 4) is 0 Å². The first kappa shape index (κ1) is 17.2. The fourth-order valence-corrected chi connectivity index (χ4v) is 5.70. The minimum atomic E-state index is 0.363. The van der Waals surface area contributed by atoms with Gasteiger partial charge in [0.15, 0.2) is 5.96 Å². The number of guanidine groups is 1. The highest BCUT2D eigenvalue weighted by molar-refractivity contribution is 5.80. The van der Waals surface area contributed by atoms with Gasteiger partial charge in [-0.3, -0.25) is 4.99 Å². The van der Waals surface area contributed by atoms with Crippen LogP contribution in [0.25, 0.3) is 0 Å². The summed E-state index contributed by atoms with van der Waals surface area (Å²) in [5, 5.41) is 7.45. The Kier molecular flexibility index (Phi) is 4.42. The van der Waals surface area contributed by atoms with Crippen molar-refractivity contribution < 1.29 is 4.74 Å². The number of hydrogen-bond acceptors (Lipinski definition) is 5. The fraction of sp³-hybridized carbons (Fsp3) is 0.750. The number of aromatic nitrogens is 2. The summed E-state index contributed by atoms with van der Waals surface area (Å²) in [6.07, 6.45) is 11.5. The van der Waals surface area contributed by atoms with Crippen LogP contribution in [0, 0.1) is 11.3 Å². The van der Waals surface area contributed by atoms with Gasteiger partial charge in [-0.1, -0.05) is 6.42 Å². The Bertz CT molecular complexity index is 691. The molecule has 4 atom stereocenters. The number of ether oxygens (including phenoxy) is 1. The fourth-order valence-electron chi connectivity index (χ4n) is 5.70. The molecule has 2 saturated carbocycles. The van der Waals surface area contributed by atoms with Crippen LogP contribution < -0.4 is 15.5 Å². The molecule has 0 bridgehead atoms. The van der Waals surface area contributed by atoms with E-state index in [1.807, 2.05) is 25.5 Å². The van der Waals surface area contributed by atoms with Crippen molar-refractivity contribution in [2.75, 3.05) is 31.6 Å². The number of rotatable bonds is 3. The molecule has 146 valence electrons. The summed E-state index contributed by atoms with van der Waals surface area (Å²) in [6, 6.07) is 2.74. The zero-order valence-electron chi connectivity index (χ0n) is 16.1. The average Bonchev–Trinajstić information content (AvgIpc) is 3.10. The van der Waals surface area contributed by atoms with E-state index in [0.29, 0.717) is 29.5 Å². The normalized spacial score (nSPS) is 34.6. The number of aliphatic imine (C=N–C) groups is 1. The summed E-state index contributed by atoms with van der Waals surface area (Å²) in [6.45, 7) is 2.85. The number of anilines is 1. The zero-order valence-corrected chi connectivity index (χ0v) is 16.1. The van der Waals surface area contributed by atoms with Crippen molar-refractivity contribution in [2.45, 2.75) is 56.7 Å². The highest BCUT2D eigenvalue weighted by Gasteiger charge is 2.66. The van der Waals surface area contributed by atoms with Crippen LogP contribution >= 0.6 is 0 Å². The van der Waals surface area contributed by atoms with Crippen molar-refractivity contribution in [3.05, 3.63) is 18.5 Å². The molecule has 4 unspecified atom stereocenters. The summed E-state index contributed by atoms with van der Waals surface area (Å²) in [5.41, 5.74) is 0.370. The third-order valence-electron chi connectivity index (χ3n) is 7.15. The summed E-state index contributed by atoms with van der Waals surface area (Å²) in [7, 11) is 1.88. The van der Waals surface area contributed by atoms with E-state index < -0.39 is 0 Å². The number of hydrogen-bond donors (Lipinski definition) is 2. The molecule has 2 saturated heterocycles. The quantitative estimate of drug-likeness (QED) is 0.621. The molecule has 0 aromatic carbocycles. The topological polar surface area (TPSA) is 74.7 Å². The van der Waals surface area contributed by atoms with Gasteiger partial charge in [0.05, 0.1) is 6.10 Å². The van der Waals surface area contributed by atoms with Gasteiger partial charge in [0, 0.05) is 62.6 Å². The first-order valence-electron chi connectivity index (χ1n) is 10.4. The molecule has 2 N–H and O–H groups in total. The Labute approximate surface area is 161 Å². The Hall–Kier alpha value is -1.89. The Morgan fingerprint density at radius 2 is 2.07 bits per heavy atom. The van der Waals surface area contributed by atoms with Crippen LogP contribution in [0.5, 0.6) is 0 Å². The molecule has 7 nitrogen and oxygen atoms in total. The van der Waals surface area contributed by atoms with Crippen molar-refractivity contribution in [3.63, 3.8) is 0 Å². The molecular weight excluding hydrogens is 340 g/mol. The van der Waals surface area contributed by atoms with Gasteiger partial charge in [0.2, 0.25) is 5.95 Å². The minimum Gasteiger partial charge on any atom is -0.377 e. The summed E-state index contributed by atoms with van der Waals surface area (Å²) >= 11 is 0. The predicted octanol–water partition coefficient (Wildman–Crippen LogP) is 1.57. The van der Waals surface area contributed by atoms with E-state index >= 15 is 0 Å². The van der Waals surface area contributed by atoms with Gasteiger partial charge < -0.3 is 20.3 Å². The number of fused-ring (bicyclic) bond motifs is 2. The van der Waals surface area contributed by atoms with Crippen molar-refractivity contribution in [1.29, 1.82) is 0 Å². The summed E-state index contributed by atoms with van der Waals surface area (Å²) in [5.74, 6) is 2.42. The number of nitrogens with one attached hydrogen (secondary N) is 2. The van der Waals surface area contributed by atoms with Crippen molar-refractivity contribution in [2.24, 2.45) is 16.3 Å². The second-order valence-corrected chi connectivity index (χ2v) is 8.50. The molecule has 4 aliphatic rings. The lowest BCUT2D eigenvalue weighted by Crippen LogP contribution is -2.73. The van der Waals surface area contributed by atoms with Crippen molar-refractivity contribution >= 4 is 11.9 Å². The second-order valence-electron chi connectivity index (χ2n) is 8.50. The van der Waals surface area contributed by atoms with Crippen molar-refractivity contribution in [1.82, 2.24) is 20.6 Å². The largest absolute Gasteiger partial charge is 0.377 e. The minimum absolute atomic E-state index is 0.363. The molecule has 2 aliphatic heterocycles. The lowest BCUT2D eigenvalue weighted by Gasteiger charge is -2.63. The van der Waals surface area contributed by atoms with E-state index in [4.69, 9.17) is 4.74 Å². The maximum absolute atomic E-state index is 6.05. The number of nitrogens with zero attached hydrogens (tertiary/aromatic N) is 4. The Morgan fingerprint density at radius 1 is 1.22 bits per heavy atom. The molecule has 3 heterocycles. The van der Waals surface area contributed by atoms with Crippen LogP contribution in [0.4, 0.5) is 5.95 Å². The molecule has 0 radical (unpaired) electrons. The van der Waals surface area contributed by atoms with Gasteiger partial charge in [0.1, 0.15) is 0 Å². The van der Waals surface area contributed by atoms with Gasteiger partial charge >= 0.3 is 0 Å². The van der Waals surface area contributed by atoms with Gasteiger partial charge in [-0.15, -0.1) is 0 Å². The highest BCUT2D eigenvalue weighted by Crippen LogP contribution is 2.62. The average molecular weight is 371 g/mol. The maximum atomic E-state index is 6.05. The molecule has 4 fully saturated rings. The molecule has 0 amide bonds. The molecule has 1 aromatic heterocycles. The van der Waals surface area contributed by atoms with E-state index in [1.165, 1.54) is 25.7 Å². The highest BCUT2D eigenvalue weighted by atomic mass is 16.5. The lowest BCUT2D eigenvalue weighted by atomic mass is 9.46. The third-order valence-corrected chi connectivity index (χ3v) is 7.15. The molecule has 7 heteroatoms. The molecule has 2 aliphatic carbocycles. The van der Waals surface area contributed by atoms with Crippen LogP contribution in [-0.4, -0.2) is 60.9 Å². The Morgan fingerprint density at radius 3 is 2.81 bits per heavy atom. The molecular formula is C20H30N6O. The van der Waals surface area contributed by atoms with E-state index in [1.54, 1.807) is 0 Å². The van der Waals surface area contributed by atoms with Crippen LogP contribution in [-0.2, 0) is 4.74 Å². The molecule has 1 aromatic rings. The van der Waals surface area contributed by atoms with Crippen LogP contribution in [0.2, 0.25) is 0 Å². The number of piperidine rings is 1. The van der Waals surface area contributed by atoms with E-state index in [0.717, 1.165) is 44.4 Å². The first-order chi connectivity index (χ1) is 13.3. The first-order valence-corrected chi connectivity index (χ1v) is 10.4. The standard InChI is InChI=1S/C20H30N6O/c1-21-18(25-16-15-6-12-27-17(15)20(16)7-3-8-20)24-14-5-2-11-26(13-14)19-22-9-4-10-23-19/h4,9-10,14-17H,2-3,5-8,11-13H2,1H3,(H2,21,24,25). The molecule has 5 rings (SSSR count). The van der Waals surface area contributed by atoms with E-state index in [9.17, 15) is 0 Å². The van der Waals surface area contributed by atoms with Crippen LogP contribution in [0.1, 0.15) is 38.5 Å².